The summed E-state index contributed by atoms with van der Waals surface area (Å²) < 4.78 is 0. The van der Waals surface area contributed by atoms with Crippen molar-refractivity contribution < 1.29 is 0 Å². The number of rotatable bonds is 4. The number of anilines is 1. The fourth-order valence-corrected chi connectivity index (χ4v) is 3.52. The minimum Gasteiger partial charge on any atom is -0.382 e. The van der Waals surface area contributed by atoms with E-state index < -0.39 is 0 Å². The van der Waals surface area contributed by atoms with Crippen LogP contribution in [0.25, 0.3) is 0 Å². The second-order valence-electron chi connectivity index (χ2n) is 7.57. The highest BCUT2D eigenvalue weighted by atomic mass is 14.9. The van der Waals surface area contributed by atoms with Gasteiger partial charge in [0.1, 0.15) is 0 Å². The third-order valence-corrected chi connectivity index (χ3v) is 5.14. The maximum atomic E-state index is 3.75. The van der Waals surface area contributed by atoms with Crippen LogP contribution in [0.2, 0.25) is 0 Å². The molecule has 1 heteroatoms. The first kappa shape index (κ1) is 15.4. The van der Waals surface area contributed by atoms with Crippen LogP contribution in [0, 0.1) is 11.3 Å². The molecule has 1 nitrogen and oxygen atoms in total. The zero-order valence-electron chi connectivity index (χ0n) is 13.9. The average Bonchev–Trinajstić information content (AvgIpc) is 2.41. The maximum absolute atomic E-state index is 3.75. The lowest BCUT2D eigenvalue weighted by molar-refractivity contribution is 0.177. The molecule has 0 spiro atoms. The molecule has 0 aliphatic heterocycles. The Balaban J connectivity index is 1.97. The summed E-state index contributed by atoms with van der Waals surface area (Å²) in [7, 11) is 0. The Morgan fingerprint density at radius 2 is 1.90 bits per heavy atom. The van der Waals surface area contributed by atoms with Crippen molar-refractivity contribution in [3.05, 3.63) is 29.8 Å². The summed E-state index contributed by atoms with van der Waals surface area (Å²) in [5, 5.41) is 3.75. The van der Waals surface area contributed by atoms with Gasteiger partial charge in [-0.1, -0.05) is 46.8 Å². The molecule has 0 amide bonds. The summed E-state index contributed by atoms with van der Waals surface area (Å²) in [5.41, 5.74) is 3.27. The topological polar surface area (TPSA) is 12.0 Å². The summed E-state index contributed by atoms with van der Waals surface area (Å²) in [4.78, 5) is 0. The third-order valence-electron chi connectivity index (χ3n) is 5.14. The number of hydrogen-bond donors (Lipinski definition) is 1. The minimum absolute atomic E-state index is 0.526. The van der Waals surface area contributed by atoms with Crippen LogP contribution in [0.5, 0.6) is 0 Å². The lowest BCUT2D eigenvalue weighted by Gasteiger charge is -2.40. The van der Waals surface area contributed by atoms with Gasteiger partial charge in [0.15, 0.2) is 0 Å². The molecule has 0 aromatic heterocycles. The molecular formula is C19H31N. The van der Waals surface area contributed by atoms with Crippen LogP contribution in [0.15, 0.2) is 24.3 Å². The third kappa shape index (κ3) is 3.77. The molecule has 0 bridgehead atoms. The summed E-state index contributed by atoms with van der Waals surface area (Å²) in [6, 6.07) is 9.72. The van der Waals surface area contributed by atoms with Gasteiger partial charge in [-0.05, 0) is 60.6 Å². The first-order valence-electron chi connectivity index (χ1n) is 8.28. The standard InChI is InChI=1S/C19H31N/c1-6-14(2)16-7-9-17(10-8-16)20-18-11-12-19(4,5)13-15(18)3/h7-10,14-15,18,20H,6,11-13H2,1-5H3. The molecule has 112 valence electrons. The van der Waals surface area contributed by atoms with Gasteiger partial charge in [0.25, 0.3) is 0 Å². The Morgan fingerprint density at radius 1 is 1.25 bits per heavy atom. The summed E-state index contributed by atoms with van der Waals surface area (Å²) >= 11 is 0. The van der Waals surface area contributed by atoms with E-state index in [9.17, 15) is 0 Å². The first-order valence-corrected chi connectivity index (χ1v) is 8.28. The van der Waals surface area contributed by atoms with Gasteiger partial charge in [0, 0.05) is 11.7 Å². The van der Waals surface area contributed by atoms with Gasteiger partial charge in [0.2, 0.25) is 0 Å². The molecule has 2 rings (SSSR count). The van der Waals surface area contributed by atoms with E-state index in [4.69, 9.17) is 0 Å². The second-order valence-corrected chi connectivity index (χ2v) is 7.57. The van der Waals surface area contributed by atoms with Gasteiger partial charge >= 0.3 is 0 Å². The largest absolute Gasteiger partial charge is 0.382 e. The Labute approximate surface area is 125 Å². The number of hydrogen-bond acceptors (Lipinski definition) is 1. The highest BCUT2D eigenvalue weighted by molar-refractivity contribution is 5.46. The van der Waals surface area contributed by atoms with Crippen molar-refractivity contribution in [3.8, 4) is 0 Å². The highest BCUT2D eigenvalue weighted by Crippen LogP contribution is 2.39. The Morgan fingerprint density at radius 3 is 2.45 bits per heavy atom. The van der Waals surface area contributed by atoms with Gasteiger partial charge in [-0.3, -0.25) is 0 Å². The molecule has 1 aliphatic carbocycles. The SMILES string of the molecule is CCC(C)c1ccc(NC2CCC(C)(C)CC2C)cc1. The normalized spacial score (nSPS) is 27.1. The number of nitrogens with one attached hydrogen (secondary N) is 1. The summed E-state index contributed by atoms with van der Waals surface area (Å²) in [6.45, 7) is 11.8. The van der Waals surface area contributed by atoms with Gasteiger partial charge in [-0.25, -0.2) is 0 Å². The first-order chi connectivity index (χ1) is 9.41. The van der Waals surface area contributed by atoms with Crippen molar-refractivity contribution in [2.75, 3.05) is 5.32 Å². The smallest absolute Gasteiger partial charge is 0.0342 e. The van der Waals surface area contributed by atoms with Crippen LogP contribution < -0.4 is 5.32 Å². The zero-order valence-corrected chi connectivity index (χ0v) is 13.9. The fraction of sp³-hybridized carbons (Fsp3) is 0.684. The molecule has 0 radical (unpaired) electrons. The molecule has 0 saturated heterocycles. The molecule has 3 unspecified atom stereocenters. The zero-order chi connectivity index (χ0) is 14.8. The van der Waals surface area contributed by atoms with E-state index in [1.54, 1.807) is 0 Å². The Kier molecular flexibility index (Phi) is 4.78. The van der Waals surface area contributed by atoms with E-state index in [1.165, 1.54) is 36.9 Å². The highest BCUT2D eigenvalue weighted by Gasteiger charge is 2.32. The van der Waals surface area contributed by atoms with Crippen molar-refractivity contribution >= 4 is 5.69 Å². The van der Waals surface area contributed by atoms with E-state index in [2.05, 4.69) is 64.2 Å². The second kappa shape index (κ2) is 6.20. The lowest BCUT2D eigenvalue weighted by Crippen LogP contribution is -2.36. The predicted octanol–water partition coefficient (Wildman–Crippen LogP) is 5.83. The van der Waals surface area contributed by atoms with Gasteiger partial charge in [-0.2, -0.15) is 0 Å². The van der Waals surface area contributed by atoms with Crippen LogP contribution >= 0.6 is 0 Å². The van der Waals surface area contributed by atoms with E-state index in [1.807, 2.05) is 0 Å². The molecular weight excluding hydrogens is 242 g/mol. The van der Waals surface area contributed by atoms with E-state index in [0.717, 1.165) is 5.92 Å². The monoisotopic (exact) mass is 273 g/mol. The van der Waals surface area contributed by atoms with E-state index >= 15 is 0 Å². The Bertz CT molecular complexity index is 418. The molecule has 20 heavy (non-hydrogen) atoms. The molecule has 1 fully saturated rings. The van der Waals surface area contributed by atoms with Crippen molar-refractivity contribution in [2.24, 2.45) is 11.3 Å². The molecule has 1 aliphatic rings. The van der Waals surface area contributed by atoms with Crippen molar-refractivity contribution in [3.63, 3.8) is 0 Å². The van der Waals surface area contributed by atoms with Crippen LogP contribution in [-0.4, -0.2) is 6.04 Å². The van der Waals surface area contributed by atoms with Gasteiger partial charge in [-0.15, -0.1) is 0 Å². The molecule has 1 aromatic rings. The minimum atomic E-state index is 0.526. The quantitative estimate of drug-likeness (QED) is 0.728. The molecule has 1 saturated carbocycles. The van der Waals surface area contributed by atoms with Crippen molar-refractivity contribution in [1.82, 2.24) is 0 Å². The van der Waals surface area contributed by atoms with Crippen LogP contribution in [0.3, 0.4) is 0 Å². The number of benzene rings is 1. The summed E-state index contributed by atoms with van der Waals surface area (Å²) in [6.07, 6.45) is 5.17. The van der Waals surface area contributed by atoms with Gasteiger partial charge in [0.05, 0.1) is 0 Å². The van der Waals surface area contributed by atoms with E-state index in [-0.39, 0.29) is 0 Å². The van der Waals surface area contributed by atoms with Crippen molar-refractivity contribution in [2.45, 2.75) is 72.3 Å². The van der Waals surface area contributed by atoms with Crippen LogP contribution in [0.4, 0.5) is 5.69 Å². The average molecular weight is 273 g/mol. The van der Waals surface area contributed by atoms with Crippen LogP contribution in [0.1, 0.15) is 71.8 Å². The lowest BCUT2D eigenvalue weighted by atomic mass is 9.70. The molecule has 1 N–H and O–H groups in total. The molecule has 3 atom stereocenters. The fourth-order valence-electron chi connectivity index (χ4n) is 3.52. The predicted molar refractivity (Wildman–Crippen MR) is 89.4 cm³/mol. The molecule has 0 heterocycles. The maximum Gasteiger partial charge on any atom is 0.0342 e. The van der Waals surface area contributed by atoms with Crippen LogP contribution in [-0.2, 0) is 0 Å². The van der Waals surface area contributed by atoms with Crippen molar-refractivity contribution in [1.29, 1.82) is 0 Å². The Hall–Kier alpha value is -0.980. The molecule has 1 aromatic carbocycles. The van der Waals surface area contributed by atoms with E-state index in [0.29, 0.717) is 17.4 Å². The summed E-state index contributed by atoms with van der Waals surface area (Å²) in [5.74, 6) is 1.42. The van der Waals surface area contributed by atoms with Gasteiger partial charge < -0.3 is 5.32 Å².